The number of carbonyl (C=O) groups excluding carboxylic acids is 1. The normalized spacial score (nSPS) is 12.9. The number of carbonyl (C=O) groups is 1. The summed E-state index contributed by atoms with van der Waals surface area (Å²) in [4.78, 5) is 11.0. The van der Waals surface area contributed by atoms with Crippen LogP contribution in [0.1, 0.15) is 5.56 Å². The fourth-order valence-corrected chi connectivity index (χ4v) is 1.53. The zero-order valence-electron chi connectivity index (χ0n) is 9.76. The molecule has 0 heterocycles. The standard InChI is InChI=1S/C12H8F6O2/c1-2-9(19)20-10(11(13,14)15,12(16,17)18)8-6-4-3-5-7-8/h2-7H,1H2. The molecule has 8 heteroatoms. The minimum atomic E-state index is -5.88. The van der Waals surface area contributed by atoms with Crippen molar-refractivity contribution in [3.05, 3.63) is 48.6 Å². The first-order valence-corrected chi connectivity index (χ1v) is 5.10. The lowest BCUT2D eigenvalue weighted by Gasteiger charge is -2.36. The SMILES string of the molecule is C=CC(=O)OC(c1ccccc1)(C(F)(F)F)C(F)(F)F. The summed E-state index contributed by atoms with van der Waals surface area (Å²) >= 11 is 0. The van der Waals surface area contributed by atoms with Gasteiger partial charge in [-0.25, -0.2) is 4.79 Å². The minimum Gasteiger partial charge on any atom is -0.431 e. The summed E-state index contributed by atoms with van der Waals surface area (Å²) in [6.45, 7) is 2.79. The lowest BCUT2D eigenvalue weighted by Crippen LogP contribution is -2.56. The molecule has 0 saturated carbocycles. The van der Waals surface area contributed by atoms with E-state index < -0.39 is 29.5 Å². The van der Waals surface area contributed by atoms with Crippen molar-refractivity contribution in [2.24, 2.45) is 0 Å². The van der Waals surface area contributed by atoms with E-state index in [0.717, 1.165) is 12.1 Å². The molecule has 0 aliphatic rings. The Balaban J connectivity index is 3.60. The number of alkyl halides is 6. The predicted octanol–water partition coefficient (Wildman–Crippen LogP) is 3.74. The highest BCUT2D eigenvalue weighted by atomic mass is 19.4. The molecular weight excluding hydrogens is 290 g/mol. The van der Waals surface area contributed by atoms with E-state index in [9.17, 15) is 31.1 Å². The summed E-state index contributed by atoms with van der Waals surface area (Å²) in [5.74, 6) is -1.83. The van der Waals surface area contributed by atoms with Crippen molar-refractivity contribution in [2.45, 2.75) is 18.0 Å². The maximum Gasteiger partial charge on any atom is 0.442 e. The molecule has 0 fully saturated rings. The van der Waals surface area contributed by atoms with Crippen LogP contribution in [0.15, 0.2) is 43.0 Å². The zero-order chi connectivity index (χ0) is 15.6. The third-order valence-electron chi connectivity index (χ3n) is 2.40. The highest BCUT2D eigenvalue weighted by Crippen LogP contribution is 2.52. The van der Waals surface area contributed by atoms with Gasteiger partial charge in [0.2, 0.25) is 0 Å². The molecule has 1 aromatic rings. The lowest BCUT2D eigenvalue weighted by atomic mass is 9.92. The summed E-state index contributed by atoms with van der Waals surface area (Å²) in [5.41, 5.74) is -5.97. The van der Waals surface area contributed by atoms with Crippen LogP contribution in [-0.2, 0) is 15.1 Å². The van der Waals surface area contributed by atoms with Crippen molar-refractivity contribution < 1.29 is 35.9 Å². The lowest BCUT2D eigenvalue weighted by molar-refractivity contribution is -0.376. The van der Waals surface area contributed by atoms with E-state index in [1.165, 1.54) is 6.07 Å². The summed E-state index contributed by atoms with van der Waals surface area (Å²) in [5, 5.41) is 0. The fourth-order valence-electron chi connectivity index (χ4n) is 1.53. The number of esters is 1. The van der Waals surface area contributed by atoms with Crippen LogP contribution in [0.2, 0.25) is 0 Å². The molecule has 0 aromatic heterocycles. The second kappa shape index (κ2) is 5.18. The van der Waals surface area contributed by atoms with Crippen molar-refractivity contribution in [1.29, 1.82) is 0 Å². The van der Waals surface area contributed by atoms with Crippen molar-refractivity contribution in [3.8, 4) is 0 Å². The van der Waals surface area contributed by atoms with Crippen LogP contribution in [0.5, 0.6) is 0 Å². The van der Waals surface area contributed by atoms with E-state index in [1.54, 1.807) is 0 Å². The van der Waals surface area contributed by atoms with Gasteiger partial charge in [-0.3, -0.25) is 0 Å². The Hall–Kier alpha value is -1.99. The number of ether oxygens (including phenoxy) is 1. The summed E-state index contributed by atoms with van der Waals surface area (Å²) in [7, 11) is 0. The van der Waals surface area contributed by atoms with E-state index in [4.69, 9.17) is 0 Å². The van der Waals surface area contributed by atoms with Crippen molar-refractivity contribution in [3.63, 3.8) is 0 Å². The maximum atomic E-state index is 13.0. The number of hydrogen-bond acceptors (Lipinski definition) is 2. The number of halogens is 6. The largest absolute Gasteiger partial charge is 0.442 e. The Bertz CT molecular complexity index is 475. The Morgan fingerprint density at radius 2 is 1.45 bits per heavy atom. The molecular formula is C12H8F6O2. The van der Waals surface area contributed by atoms with Gasteiger partial charge in [-0.2, -0.15) is 26.3 Å². The van der Waals surface area contributed by atoms with Gasteiger partial charge in [-0.1, -0.05) is 36.9 Å². The number of rotatable bonds is 3. The third-order valence-corrected chi connectivity index (χ3v) is 2.40. The molecule has 0 spiro atoms. The highest BCUT2D eigenvalue weighted by Gasteiger charge is 2.75. The molecule has 1 rings (SSSR count). The second-order valence-corrected chi connectivity index (χ2v) is 3.67. The monoisotopic (exact) mass is 298 g/mol. The smallest absolute Gasteiger partial charge is 0.431 e. The van der Waals surface area contributed by atoms with Crippen LogP contribution in [0.25, 0.3) is 0 Å². The van der Waals surface area contributed by atoms with Crippen LogP contribution in [-0.4, -0.2) is 18.3 Å². The van der Waals surface area contributed by atoms with Crippen LogP contribution in [0, 0.1) is 0 Å². The zero-order valence-corrected chi connectivity index (χ0v) is 9.76. The van der Waals surface area contributed by atoms with E-state index in [0.29, 0.717) is 12.1 Å². The molecule has 0 N–H and O–H groups in total. The van der Waals surface area contributed by atoms with Crippen molar-refractivity contribution >= 4 is 5.97 Å². The molecule has 110 valence electrons. The molecule has 0 bridgehead atoms. The van der Waals surface area contributed by atoms with Gasteiger partial charge in [0.25, 0.3) is 0 Å². The molecule has 0 saturated heterocycles. The number of hydrogen-bond donors (Lipinski definition) is 0. The van der Waals surface area contributed by atoms with Gasteiger partial charge < -0.3 is 4.74 Å². The second-order valence-electron chi connectivity index (χ2n) is 3.67. The number of benzene rings is 1. The summed E-state index contributed by atoms with van der Waals surface area (Å²) in [6, 6.07) is 4.34. The van der Waals surface area contributed by atoms with Crippen molar-refractivity contribution in [2.75, 3.05) is 0 Å². The van der Waals surface area contributed by atoms with Gasteiger partial charge in [0.15, 0.2) is 0 Å². The van der Waals surface area contributed by atoms with E-state index in [1.807, 2.05) is 0 Å². The minimum absolute atomic E-state index is 0.231. The van der Waals surface area contributed by atoms with Gasteiger partial charge in [0, 0.05) is 11.6 Å². The molecule has 0 aliphatic heterocycles. The van der Waals surface area contributed by atoms with Crippen LogP contribution < -0.4 is 0 Å². The van der Waals surface area contributed by atoms with Crippen LogP contribution in [0.3, 0.4) is 0 Å². The summed E-state index contributed by atoms with van der Waals surface area (Å²) < 4.78 is 81.8. The van der Waals surface area contributed by atoms with Gasteiger partial charge in [-0.15, -0.1) is 0 Å². The first-order valence-electron chi connectivity index (χ1n) is 5.10. The Labute approximate surface area is 109 Å². The molecule has 0 amide bonds. The molecule has 0 atom stereocenters. The Morgan fingerprint density at radius 3 is 1.80 bits per heavy atom. The first kappa shape index (κ1) is 16.1. The average molecular weight is 298 g/mol. The molecule has 20 heavy (non-hydrogen) atoms. The first-order chi connectivity index (χ1) is 9.06. The Kier molecular flexibility index (Phi) is 4.16. The molecule has 1 aromatic carbocycles. The van der Waals surface area contributed by atoms with E-state index in [-0.39, 0.29) is 6.08 Å². The predicted molar refractivity (Wildman–Crippen MR) is 56.5 cm³/mol. The van der Waals surface area contributed by atoms with E-state index in [2.05, 4.69) is 11.3 Å². The fraction of sp³-hybridized carbons (Fsp3) is 0.250. The van der Waals surface area contributed by atoms with Gasteiger partial charge in [0.05, 0.1) is 0 Å². The quantitative estimate of drug-likeness (QED) is 0.483. The topological polar surface area (TPSA) is 26.3 Å². The summed E-state index contributed by atoms with van der Waals surface area (Å²) in [6.07, 6.45) is -11.5. The molecule has 0 aliphatic carbocycles. The molecule has 2 nitrogen and oxygen atoms in total. The highest BCUT2D eigenvalue weighted by molar-refractivity contribution is 5.81. The van der Waals surface area contributed by atoms with Crippen LogP contribution >= 0.6 is 0 Å². The van der Waals surface area contributed by atoms with Crippen LogP contribution in [0.4, 0.5) is 26.3 Å². The van der Waals surface area contributed by atoms with E-state index >= 15 is 0 Å². The Morgan fingerprint density at radius 1 is 1.00 bits per heavy atom. The van der Waals surface area contributed by atoms with Gasteiger partial charge >= 0.3 is 23.9 Å². The third kappa shape index (κ3) is 2.63. The van der Waals surface area contributed by atoms with Crippen molar-refractivity contribution in [1.82, 2.24) is 0 Å². The molecule has 0 radical (unpaired) electrons. The van der Waals surface area contributed by atoms with Gasteiger partial charge in [0.1, 0.15) is 0 Å². The van der Waals surface area contributed by atoms with Gasteiger partial charge in [-0.05, 0) is 0 Å². The average Bonchev–Trinajstić information content (AvgIpc) is 2.33. The maximum absolute atomic E-state index is 13.0. The molecule has 0 unspecified atom stereocenters.